The van der Waals surface area contributed by atoms with Crippen LogP contribution in [0.1, 0.15) is 12.1 Å². The molecule has 25 heavy (non-hydrogen) atoms. The first kappa shape index (κ1) is 15.8. The summed E-state index contributed by atoms with van der Waals surface area (Å²) in [6, 6.07) is 13.9. The zero-order valence-electron chi connectivity index (χ0n) is 14.2. The van der Waals surface area contributed by atoms with Gasteiger partial charge in [-0.2, -0.15) is 0 Å². The first-order chi connectivity index (χ1) is 12.2. The summed E-state index contributed by atoms with van der Waals surface area (Å²) in [5.74, 6) is 1.68. The van der Waals surface area contributed by atoms with E-state index in [2.05, 4.69) is 14.9 Å². The van der Waals surface area contributed by atoms with Crippen molar-refractivity contribution in [1.82, 2.24) is 9.97 Å². The molecule has 0 radical (unpaired) electrons. The summed E-state index contributed by atoms with van der Waals surface area (Å²) in [6.45, 7) is 3.31. The van der Waals surface area contributed by atoms with Crippen LogP contribution in [-0.4, -0.2) is 40.4 Å². The number of fused-ring (bicyclic) bond motifs is 1. The van der Waals surface area contributed by atoms with Crippen molar-refractivity contribution in [3.63, 3.8) is 0 Å². The number of piperidine rings is 1. The number of pyridine rings is 2. The number of anilines is 1. The maximum atomic E-state index is 10.5. The third-order valence-corrected chi connectivity index (χ3v) is 4.62. The molecule has 5 heteroatoms. The van der Waals surface area contributed by atoms with Crippen LogP contribution in [0.15, 0.2) is 54.9 Å². The Balaban J connectivity index is 1.45. The van der Waals surface area contributed by atoms with Crippen molar-refractivity contribution in [2.75, 3.05) is 18.0 Å². The molecule has 0 aliphatic carbocycles. The molecule has 1 aliphatic heterocycles. The van der Waals surface area contributed by atoms with Gasteiger partial charge >= 0.3 is 0 Å². The summed E-state index contributed by atoms with van der Waals surface area (Å²) >= 11 is 0. The van der Waals surface area contributed by atoms with E-state index in [1.807, 2.05) is 55.6 Å². The lowest BCUT2D eigenvalue weighted by atomic mass is 10.0. The first-order valence-electron chi connectivity index (χ1n) is 8.56. The molecule has 1 aromatic carbocycles. The van der Waals surface area contributed by atoms with Crippen molar-refractivity contribution < 1.29 is 9.84 Å². The monoisotopic (exact) mass is 335 g/mol. The summed E-state index contributed by atoms with van der Waals surface area (Å²) in [4.78, 5) is 10.8. The first-order valence-corrected chi connectivity index (χ1v) is 8.56. The molecule has 0 saturated carbocycles. The number of aromatic nitrogens is 2. The Hall–Kier alpha value is -2.66. The summed E-state index contributed by atoms with van der Waals surface area (Å²) in [7, 11) is 0. The summed E-state index contributed by atoms with van der Waals surface area (Å²) < 4.78 is 6.06. The second-order valence-corrected chi connectivity index (χ2v) is 6.48. The number of rotatable bonds is 3. The van der Waals surface area contributed by atoms with Gasteiger partial charge in [0.25, 0.3) is 0 Å². The summed E-state index contributed by atoms with van der Waals surface area (Å²) in [6.07, 6.45) is 3.59. The van der Waals surface area contributed by atoms with E-state index >= 15 is 0 Å². The number of β-amino-alcohol motifs (C(OH)–C–C–N with tert-alkyl or cyclic N) is 1. The molecule has 0 bridgehead atoms. The Kier molecular flexibility index (Phi) is 4.24. The fourth-order valence-electron chi connectivity index (χ4n) is 3.27. The van der Waals surface area contributed by atoms with Gasteiger partial charge in [0, 0.05) is 43.0 Å². The maximum absolute atomic E-state index is 10.5. The molecule has 1 fully saturated rings. The minimum atomic E-state index is -0.555. The Morgan fingerprint density at radius 3 is 2.92 bits per heavy atom. The van der Waals surface area contributed by atoms with Gasteiger partial charge in [-0.25, -0.2) is 4.98 Å². The Labute approximate surface area is 146 Å². The minimum Gasteiger partial charge on any atom is -0.488 e. The molecule has 5 nitrogen and oxygen atoms in total. The van der Waals surface area contributed by atoms with Gasteiger partial charge in [-0.1, -0.05) is 12.1 Å². The number of ether oxygens (including phenoxy) is 1. The van der Waals surface area contributed by atoms with Gasteiger partial charge in [0.05, 0.1) is 0 Å². The topological polar surface area (TPSA) is 58.5 Å². The lowest BCUT2D eigenvalue weighted by molar-refractivity contribution is 0.0241. The minimum absolute atomic E-state index is 0.213. The van der Waals surface area contributed by atoms with Crippen molar-refractivity contribution in [3.05, 3.63) is 60.6 Å². The van der Waals surface area contributed by atoms with Crippen LogP contribution in [0.2, 0.25) is 0 Å². The van der Waals surface area contributed by atoms with Gasteiger partial charge in [0.1, 0.15) is 23.8 Å². The highest BCUT2D eigenvalue weighted by atomic mass is 16.5. The van der Waals surface area contributed by atoms with Crippen molar-refractivity contribution >= 4 is 16.6 Å². The smallest absolute Gasteiger partial charge is 0.128 e. The number of aryl methyl sites for hydroxylation is 1. The van der Waals surface area contributed by atoms with Crippen LogP contribution in [0.25, 0.3) is 10.8 Å². The quantitative estimate of drug-likeness (QED) is 0.797. The SMILES string of the molecule is Cc1cccc(N2CC[C@@H](Oc3ccc4ccncc4c3)[C@H](O)C2)n1. The molecule has 2 aromatic heterocycles. The van der Waals surface area contributed by atoms with E-state index in [9.17, 15) is 5.11 Å². The van der Waals surface area contributed by atoms with Gasteiger partial charge in [-0.3, -0.25) is 4.98 Å². The van der Waals surface area contributed by atoms with E-state index in [4.69, 9.17) is 4.74 Å². The van der Waals surface area contributed by atoms with Crippen molar-refractivity contribution in [2.45, 2.75) is 25.6 Å². The number of nitrogens with zero attached hydrogens (tertiary/aromatic N) is 3. The van der Waals surface area contributed by atoms with Crippen LogP contribution in [0.5, 0.6) is 5.75 Å². The average molecular weight is 335 g/mol. The van der Waals surface area contributed by atoms with E-state index in [-0.39, 0.29) is 6.10 Å². The third kappa shape index (κ3) is 3.42. The zero-order valence-corrected chi connectivity index (χ0v) is 14.2. The standard InChI is InChI=1S/C20H21N3O2/c1-14-3-2-4-20(22-14)23-10-8-19(18(24)13-23)25-17-6-5-15-7-9-21-12-16(15)11-17/h2-7,9,11-12,18-19,24H,8,10,13H2,1H3/t18-,19-/m1/s1. The van der Waals surface area contributed by atoms with E-state index in [0.717, 1.165) is 41.0 Å². The Morgan fingerprint density at radius 1 is 1.16 bits per heavy atom. The van der Waals surface area contributed by atoms with E-state index in [1.165, 1.54) is 0 Å². The fraction of sp³-hybridized carbons (Fsp3) is 0.300. The van der Waals surface area contributed by atoms with Crippen molar-refractivity contribution in [2.24, 2.45) is 0 Å². The molecule has 128 valence electrons. The van der Waals surface area contributed by atoms with Crippen molar-refractivity contribution in [1.29, 1.82) is 0 Å². The van der Waals surface area contributed by atoms with Crippen LogP contribution in [0, 0.1) is 6.92 Å². The molecule has 2 atom stereocenters. The van der Waals surface area contributed by atoms with Crippen LogP contribution < -0.4 is 9.64 Å². The van der Waals surface area contributed by atoms with Gasteiger partial charge < -0.3 is 14.7 Å². The van der Waals surface area contributed by atoms with Gasteiger partial charge in [-0.15, -0.1) is 0 Å². The van der Waals surface area contributed by atoms with E-state index in [0.29, 0.717) is 6.54 Å². The molecule has 1 N–H and O–H groups in total. The molecule has 3 aromatic rings. The number of hydrogen-bond acceptors (Lipinski definition) is 5. The number of aliphatic hydroxyl groups excluding tert-OH is 1. The number of benzene rings is 1. The molecule has 4 rings (SSSR count). The van der Waals surface area contributed by atoms with Gasteiger partial charge in [0.15, 0.2) is 0 Å². The van der Waals surface area contributed by atoms with Crippen molar-refractivity contribution in [3.8, 4) is 5.75 Å². The molecule has 0 spiro atoms. The highest BCUT2D eigenvalue weighted by Gasteiger charge is 2.30. The molecular formula is C20H21N3O2. The lowest BCUT2D eigenvalue weighted by Gasteiger charge is -2.36. The highest BCUT2D eigenvalue weighted by Crippen LogP contribution is 2.25. The number of aliphatic hydroxyl groups is 1. The molecule has 3 heterocycles. The van der Waals surface area contributed by atoms with Gasteiger partial charge in [0.2, 0.25) is 0 Å². The largest absolute Gasteiger partial charge is 0.488 e. The van der Waals surface area contributed by atoms with Gasteiger partial charge in [-0.05, 0) is 42.6 Å². The fourth-order valence-corrected chi connectivity index (χ4v) is 3.27. The normalized spacial score (nSPS) is 20.6. The molecule has 1 saturated heterocycles. The maximum Gasteiger partial charge on any atom is 0.128 e. The second-order valence-electron chi connectivity index (χ2n) is 6.48. The third-order valence-electron chi connectivity index (χ3n) is 4.62. The summed E-state index contributed by atoms with van der Waals surface area (Å²) in [5, 5.41) is 12.7. The van der Waals surface area contributed by atoms with E-state index in [1.54, 1.807) is 6.20 Å². The average Bonchev–Trinajstić information content (AvgIpc) is 2.63. The van der Waals surface area contributed by atoms with Crippen LogP contribution >= 0.6 is 0 Å². The highest BCUT2D eigenvalue weighted by molar-refractivity contribution is 5.82. The predicted octanol–water partition coefficient (Wildman–Crippen LogP) is 2.96. The second kappa shape index (κ2) is 6.69. The van der Waals surface area contributed by atoms with Crippen LogP contribution in [-0.2, 0) is 0 Å². The number of hydrogen-bond donors (Lipinski definition) is 1. The van der Waals surface area contributed by atoms with Crippen LogP contribution in [0.4, 0.5) is 5.82 Å². The van der Waals surface area contributed by atoms with E-state index < -0.39 is 6.10 Å². The molecule has 0 amide bonds. The molecule has 0 unspecified atom stereocenters. The Morgan fingerprint density at radius 2 is 2.08 bits per heavy atom. The van der Waals surface area contributed by atoms with Crippen LogP contribution in [0.3, 0.4) is 0 Å². The summed E-state index contributed by atoms with van der Waals surface area (Å²) in [5.41, 5.74) is 0.982. The Bertz CT molecular complexity index is 883. The predicted molar refractivity (Wildman–Crippen MR) is 98.0 cm³/mol. The molecule has 1 aliphatic rings. The lowest BCUT2D eigenvalue weighted by Crippen LogP contribution is -2.49. The molecular weight excluding hydrogens is 314 g/mol. The zero-order chi connectivity index (χ0) is 17.2.